The highest BCUT2D eigenvalue weighted by atomic mass is 35.5. The van der Waals surface area contributed by atoms with E-state index < -0.39 is 0 Å². The Bertz CT molecular complexity index is 1270. The van der Waals surface area contributed by atoms with Crippen molar-refractivity contribution in [3.63, 3.8) is 0 Å². The third kappa shape index (κ3) is 4.90. The Morgan fingerprint density at radius 1 is 0.969 bits per heavy atom. The Morgan fingerprint density at radius 3 is 2.50 bits per heavy atom. The number of carbonyl (C=O) groups is 1. The molecule has 0 radical (unpaired) electrons. The van der Waals surface area contributed by atoms with Crippen molar-refractivity contribution in [2.75, 3.05) is 7.11 Å². The normalized spacial score (nSPS) is 10.9. The first-order valence-corrected chi connectivity index (χ1v) is 10.4. The first-order valence-electron chi connectivity index (χ1n) is 10.0. The number of nitrogens with zero attached hydrogens (tertiary/aromatic N) is 1. The minimum Gasteiger partial charge on any atom is -0.497 e. The van der Waals surface area contributed by atoms with Crippen molar-refractivity contribution in [2.45, 2.75) is 6.61 Å². The number of rotatable bonds is 7. The first-order chi connectivity index (χ1) is 15.7. The Labute approximate surface area is 191 Å². The smallest absolute Gasteiger partial charge is 0.271 e. The van der Waals surface area contributed by atoms with Gasteiger partial charge in [0.15, 0.2) is 0 Å². The standard InChI is InChI=1S/C26H21ClN2O3/c1-31-21-13-10-19(11-14-21)26(30)29-28-16-23-22-8-4-2-6-18(22)12-15-25(23)32-17-20-7-3-5-9-24(20)27/h2-16H,17H2,1H3,(H,29,30)/b28-16-. The Balaban J connectivity index is 1.57. The number of carbonyl (C=O) groups excluding carboxylic acids is 1. The second-order valence-corrected chi connectivity index (χ2v) is 7.41. The van der Waals surface area contributed by atoms with Crippen LogP contribution in [0.5, 0.6) is 11.5 Å². The summed E-state index contributed by atoms with van der Waals surface area (Å²) in [6, 6.07) is 26.2. The second kappa shape index (κ2) is 9.98. The highest BCUT2D eigenvalue weighted by Gasteiger charge is 2.10. The predicted molar refractivity (Wildman–Crippen MR) is 128 cm³/mol. The van der Waals surface area contributed by atoms with Gasteiger partial charge in [0, 0.05) is 21.7 Å². The number of amides is 1. The summed E-state index contributed by atoms with van der Waals surface area (Å²) in [6.45, 7) is 0.317. The van der Waals surface area contributed by atoms with Crippen molar-refractivity contribution in [3.8, 4) is 11.5 Å². The van der Waals surface area contributed by atoms with Crippen LogP contribution in [0.25, 0.3) is 10.8 Å². The van der Waals surface area contributed by atoms with Crippen molar-refractivity contribution in [3.05, 3.63) is 107 Å². The molecular formula is C26H21ClN2O3. The molecule has 5 nitrogen and oxygen atoms in total. The Kier molecular flexibility index (Phi) is 6.68. The minimum atomic E-state index is -0.317. The Morgan fingerprint density at radius 2 is 1.72 bits per heavy atom. The molecule has 32 heavy (non-hydrogen) atoms. The fraction of sp³-hybridized carbons (Fsp3) is 0.0769. The summed E-state index contributed by atoms with van der Waals surface area (Å²) in [6.07, 6.45) is 1.60. The van der Waals surface area contributed by atoms with E-state index in [0.717, 1.165) is 21.9 Å². The zero-order valence-corrected chi connectivity index (χ0v) is 18.2. The van der Waals surface area contributed by atoms with Crippen LogP contribution in [-0.2, 0) is 6.61 Å². The molecule has 1 amide bonds. The maximum absolute atomic E-state index is 12.4. The van der Waals surface area contributed by atoms with Crippen LogP contribution in [0, 0.1) is 0 Å². The maximum Gasteiger partial charge on any atom is 0.271 e. The van der Waals surface area contributed by atoms with Crippen LogP contribution < -0.4 is 14.9 Å². The molecular weight excluding hydrogens is 424 g/mol. The fourth-order valence-electron chi connectivity index (χ4n) is 3.27. The average molecular weight is 445 g/mol. The summed E-state index contributed by atoms with van der Waals surface area (Å²) < 4.78 is 11.2. The Hall–Kier alpha value is -3.83. The number of hydrazone groups is 1. The van der Waals surface area contributed by atoms with Gasteiger partial charge in [-0.3, -0.25) is 4.79 Å². The number of halogens is 1. The minimum absolute atomic E-state index is 0.317. The third-order valence-electron chi connectivity index (χ3n) is 4.98. The molecule has 0 unspecified atom stereocenters. The number of hydrogen-bond donors (Lipinski definition) is 1. The molecule has 0 aromatic heterocycles. The van der Waals surface area contributed by atoms with Gasteiger partial charge in [-0.1, -0.05) is 60.1 Å². The lowest BCUT2D eigenvalue weighted by molar-refractivity contribution is 0.0955. The third-order valence-corrected chi connectivity index (χ3v) is 5.35. The highest BCUT2D eigenvalue weighted by Crippen LogP contribution is 2.28. The molecule has 0 saturated carbocycles. The van der Waals surface area contributed by atoms with Crippen molar-refractivity contribution in [2.24, 2.45) is 5.10 Å². The monoisotopic (exact) mass is 444 g/mol. The van der Waals surface area contributed by atoms with Crippen LogP contribution in [0.4, 0.5) is 0 Å². The van der Waals surface area contributed by atoms with Crippen LogP contribution in [0.3, 0.4) is 0 Å². The molecule has 0 fully saturated rings. The van der Waals surface area contributed by atoms with E-state index >= 15 is 0 Å². The molecule has 4 rings (SSSR count). The SMILES string of the molecule is COc1ccc(C(=O)N/N=C\c2c(OCc3ccccc3Cl)ccc3ccccc23)cc1. The summed E-state index contributed by atoms with van der Waals surface area (Å²) in [5.74, 6) is 1.01. The van der Waals surface area contributed by atoms with E-state index in [0.29, 0.717) is 28.7 Å². The van der Waals surface area contributed by atoms with E-state index in [1.165, 1.54) is 0 Å². The molecule has 0 aliphatic carbocycles. The molecule has 0 aliphatic rings. The summed E-state index contributed by atoms with van der Waals surface area (Å²) in [5, 5.41) is 6.84. The molecule has 0 atom stereocenters. The molecule has 4 aromatic rings. The average Bonchev–Trinajstić information content (AvgIpc) is 2.84. The summed E-state index contributed by atoms with van der Waals surface area (Å²) in [7, 11) is 1.58. The number of benzene rings is 4. The van der Waals surface area contributed by atoms with Gasteiger partial charge in [-0.15, -0.1) is 0 Å². The summed E-state index contributed by atoms with van der Waals surface area (Å²) in [5.41, 5.74) is 4.71. The topological polar surface area (TPSA) is 59.9 Å². The lowest BCUT2D eigenvalue weighted by Crippen LogP contribution is -2.17. The molecule has 0 saturated heterocycles. The van der Waals surface area contributed by atoms with Crippen molar-refractivity contribution < 1.29 is 14.3 Å². The largest absolute Gasteiger partial charge is 0.497 e. The van der Waals surface area contributed by atoms with Crippen molar-refractivity contribution >= 4 is 34.5 Å². The molecule has 0 aliphatic heterocycles. The molecule has 0 heterocycles. The number of ether oxygens (including phenoxy) is 2. The summed E-state index contributed by atoms with van der Waals surface area (Å²) in [4.78, 5) is 12.4. The van der Waals surface area contributed by atoms with Gasteiger partial charge >= 0.3 is 0 Å². The van der Waals surface area contributed by atoms with Crippen molar-refractivity contribution in [1.29, 1.82) is 0 Å². The fourth-order valence-corrected chi connectivity index (χ4v) is 3.46. The zero-order valence-electron chi connectivity index (χ0n) is 17.4. The van der Waals surface area contributed by atoms with E-state index in [4.69, 9.17) is 21.1 Å². The van der Waals surface area contributed by atoms with E-state index in [9.17, 15) is 4.79 Å². The van der Waals surface area contributed by atoms with Gasteiger partial charge < -0.3 is 9.47 Å². The van der Waals surface area contributed by atoms with E-state index in [-0.39, 0.29) is 5.91 Å². The number of hydrogen-bond acceptors (Lipinski definition) is 4. The number of methoxy groups -OCH3 is 1. The maximum atomic E-state index is 12.4. The van der Waals surface area contributed by atoms with Gasteiger partial charge in [-0.25, -0.2) is 5.43 Å². The van der Waals surface area contributed by atoms with Crippen LogP contribution in [0.2, 0.25) is 5.02 Å². The van der Waals surface area contributed by atoms with Crippen LogP contribution in [0.1, 0.15) is 21.5 Å². The van der Waals surface area contributed by atoms with Crippen LogP contribution >= 0.6 is 11.6 Å². The van der Waals surface area contributed by atoms with Crippen molar-refractivity contribution in [1.82, 2.24) is 5.43 Å². The second-order valence-electron chi connectivity index (χ2n) is 7.01. The van der Waals surface area contributed by atoms with E-state index in [2.05, 4.69) is 10.5 Å². The molecule has 4 aromatic carbocycles. The molecule has 0 spiro atoms. The van der Waals surface area contributed by atoms with Crippen LogP contribution in [-0.4, -0.2) is 19.2 Å². The van der Waals surface area contributed by atoms with Gasteiger partial charge in [-0.05, 0) is 47.2 Å². The first kappa shape index (κ1) is 21.4. The van der Waals surface area contributed by atoms with Gasteiger partial charge in [0.2, 0.25) is 0 Å². The number of fused-ring (bicyclic) bond motifs is 1. The highest BCUT2D eigenvalue weighted by molar-refractivity contribution is 6.31. The van der Waals surface area contributed by atoms with Gasteiger partial charge in [0.1, 0.15) is 18.1 Å². The van der Waals surface area contributed by atoms with E-state index in [1.54, 1.807) is 37.6 Å². The van der Waals surface area contributed by atoms with Gasteiger partial charge in [0.25, 0.3) is 5.91 Å². The lowest BCUT2D eigenvalue weighted by Gasteiger charge is -2.12. The molecule has 160 valence electrons. The van der Waals surface area contributed by atoms with Crippen LogP contribution in [0.15, 0.2) is 90.0 Å². The zero-order chi connectivity index (χ0) is 22.3. The molecule has 0 bridgehead atoms. The van der Waals surface area contributed by atoms with E-state index in [1.807, 2.05) is 60.7 Å². The predicted octanol–water partition coefficient (Wildman–Crippen LogP) is 5.84. The summed E-state index contributed by atoms with van der Waals surface area (Å²) >= 11 is 6.26. The molecule has 6 heteroatoms. The number of nitrogens with one attached hydrogen (secondary N) is 1. The quantitative estimate of drug-likeness (QED) is 0.287. The lowest BCUT2D eigenvalue weighted by atomic mass is 10.0. The molecule has 1 N–H and O–H groups in total. The van der Waals surface area contributed by atoms with Gasteiger partial charge in [0.05, 0.1) is 13.3 Å². The van der Waals surface area contributed by atoms with Gasteiger partial charge in [-0.2, -0.15) is 5.10 Å².